The number of hydrogen-bond donors (Lipinski definition) is 1. The van der Waals surface area contributed by atoms with Crippen molar-refractivity contribution >= 4 is 0 Å². The van der Waals surface area contributed by atoms with E-state index in [0.717, 1.165) is 0 Å². The summed E-state index contributed by atoms with van der Waals surface area (Å²) < 4.78 is 2.29. The Labute approximate surface area is 131 Å². The van der Waals surface area contributed by atoms with Gasteiger partial charge in [0.15, 0.2) is 0 Å². The van der Waals surface area contributed by atoms with Gasteiger partial charge in [-0.15, -0.1) is 0 Å². The Balaban J connectivity index is 1.52. The third kappa shape index (κ3) is 1.52. The highest BCUT2D eigenvalue weighted by Crippen LogP contribution is 2.60. The van der Waals surface area contributed by atoms with Crippen LogP contribution in [-0.4, -0.2) is 20.8 Å². The topological polar surface area (TPSA) is 38.1 Å². The van der Waals surface area contributed by atoms with Crippen LogP contribution in [0.2, 0.25) is 0 Å². The molecular weight excluding hydrogens is 272 g/mol. The van der Waals surface area contributed by atoms with Gasteiger partial charge in [0.25, 0.3) is 0 Å². The molecule has 0 bridgehead atoms. The lowest BCUT2D eigenvalue weighted by atomic mass is 9.51. The van der Waals surface area contributed by atoms with Gasteiger partial charge in [0, 0.05) is 11.5 Å². The second-order valence-corrected chi connectivity index (χ2v) is 7.45. The molecule has 0 amide bonds. The average Bonchev–Trinajstić information content (AvgIpc) is 3.14. The predicted molar refractivity (Wildman–Crippen MR) is 85.4 cm³/mol. The van der Waals surface area contributed by atoms with Crippen LogP contribution in [0.15, 0.2) is 36.8 Å². The summed E-state index contributed by atoms with van der Waals surface area (Å²) in [4.78, 5) is 4.34. The molecule has 3 atom stereocenters. The summed E-state index contributed by atoms with van der Waals surface area (Å²) >= 11 is 0. The monoisotopic (exact) mass is 294 g/mol. The predicted octanol–water partition coefficient (Wildman–Crippen LogP) is 3.78. The quantitative estimate of drug-likeness (QED) is 0.869. The van der Waals surface area contributed by atoms with E-state index in [9.17, 15) is 5.11 Å². The second kappa shape index (κ2) is 4.45. The number of aliphatic hydroxyl groups excluding tert-OH is 1. The number of rotatable bonds is 1. The molecule has 3 nitrogen and oxygen atoms in total. The van der Waals surface area contributed by atoms with E-state index in [1.165, 1.54) is 55.3 Å². The van der Waals surface area contributed by atoms with Gasteiger partial charge in [-0.3, -0.25) is 0 Å². The molecule has 114 valence electrons. The van der Waals surface area contributed by atoms with Gasteiger partial charge in [-0.25, -0.2) is 4.98 Å². The largest absolute Gasteiger partial charge is 0.392 e. The van der Waals surface area contributed by atoms with E-state index in [1.54, 1.807) is 0 Å². The van der Waals surface area contributed by atoms with Crippen molar-refractivity contribution in [2.45, 2.75) is 50.7 Å². The SMILES string of the molecule is O[C@@H]1[C@@H](C2c3ccccc3-c3cncn32)CC12CCCCC2. The molecule has 1 N–H and O–H groups in total. The molecule has 2 saturated carbocycles. The zero-order valence-corrected chi connectivity index (χ0v) is 12.8. The van der Waals surface area contributed by atoms with Crippen LogP contribution < -0.4 is 0 Å². The molecule has 5 rings (SSSR count). The van der Waals surface area contributed by atoms with Crippen molar-refractivity contribution in [1.82, 2.24) is 9.55 Å². The first-order valence-electron chi connectivity index (χ1n) is 8.59. The van der Waals surface area contributed by atoms with Gasteiger partial charge in [-0.1, -0.05) is 43.5 Å². The number of hydrogen-bond acceptors (Lipinski definition) is 2. The molecule has 1 aromatic heterocycles. The first-order chi connectivity index (χ1) is 10.8. The highest BCUT2D eigenvalue weighted by atomic mass is 16.3. The van der Waals surface area contributed by atoms with Crippen molar-refractivity contribution in [3.8, 4) is 11.3 Å². The van der Waals surface area contributed by atoms with Crippen molar-refractivity contribution in [2.24, 2.45) is 11.3 Å². The van der Waals surface area contributed by atoms with E-state index < -0.39 is 0 Å². The average molecular weight is 294 g/mol. The fourth-order valence-corrected chi connectivity index (χ4v) is 5.35. The molecule has 2 heterocycles. The molecule has 3 aliphatic rings. The summed E-state index contributed by atoms with van der Waals surface area (Å²) in [5.74, 6) is 0.342. The van der Waals surface area contributed by atoms with Gasteiger partial charge in [-0.05, 0) is 30.2 Å². The Hall–Kier alpha value is -1.61. The third-order valence-electron chi connectivity index (χ3n) is 6.45. The van der Waals surface area contributed by atoms with Crippen LogP contribution in [0.1, 0.15) is 50.1 Å². The summed E-state index contributed by atoms with van der Waals surface area (Å²) in [5, 5.41) is 11.0. The molecule has 2 aliphatic carbocycles. The number of aromatic nitrogens is 2. The Kier molecular flexibility index (Phi) is 2.61. The summed E-state index contributed by atoms with van der Waals surface area (Å²) in [6, 6.07) is 8.90. The number of aliphatic hydroxyl groups is 1. The number of nitrogens with zero attached hydrogens (tertiary/aromatic N) is 2. The Morgan fingerprint density at radius 2 is 1.95 bits per heavy atom. The van der Waals surface area contributed by atoms with Crippen LogP contribution in [0, 0.1) is 11.3 Å². The van der Waals surface area contributed by atoms with E-state index in [0.29, 0.717) is 5.92 Å². The molecule has 3 heteroatoms. The van der Waals surface area contributed by atoms with Gasteiger partial charge in [-0.2, -0.15) is 0 Å². The van der Waals surface area contributed by atoms with Crippen LogP contribution >= 0.6 is 0 Å². The van der Waals surface area contributed by atoms with E-state index in [-0.39, 0.29) is 17.6 Å². The smallest absolute Gasteiger partial charge is 0.0956 e. The first-order valence-corrected chi connectivity index (χ1v) is 8.59. The van der Waals surface area contributed by atoms with Crippen LogP contribution in [-0.2, 0) is 0 Å². The van der Waals surface area contributed by atoms with Gasteiger partial charge in [0.2, 0.25) is 0 Å². The van der Waals surface area contributed by atoms with Crippen molar-refractivity contribution in [2.75, 3.05) is 0 Å². The number of benzene rings is 1. The Morgan fingerprint density at radius 3 is 2.77 bits per heavy atom. The van der Waals surface area contributed by atoms with Crippen molar-refractivity contribution in [1.29, 1.82) is 0 Å². The van der Waals surface area contributed by atoms with Gasteiger partial charge in [0.05, 0.1) is 30.4 Å². The maximum atomic E-state index is 11.0. The molecule has 2 aromatic rings. The number of imidazole rings is 1. The fraction of sp³-hybridized carbons (Fsp3) is 0.526. The standard InChI is InChI=1S/C19H22N2O/c22-18-15(10-19(18)8-4-1-5-9-19)17-14-7-3-2-6-13(14)16-11-20-12-21(16)17/h2-3,6-7,11-12,15,17-18,22H,1,4-5,8-10H2/t15-,17?,18-/m1/s1. The molecule has 1 unspecified atom stereocenters. The molecule has 1 spiro atoms. The van der Waals surface area contributed by atoms with E-state index in [2.05, 4.69) is 33.8 Å². The lowest BCUT2D eigenvalue weighted by Gasteiger charge is -2.56. The van der Waals surface area contributed by atoms with Crippen LogP contribution in [0.4, 0.5) is 0 Å². The first kappa shape index (κ1) is 12.9. The number of fused-ring (bicyclic) bond motifs is 3. The Bertz CT molecular complexity index is 714. The summed E-state index contributed by atoms with van der Waals surface area (Å²) in [6.07, 6.45) is 11.3. The molecule has 0 saturated heterocycles. The highest BCUT2D eigenvalue weighted by Gasteiger charge is 2.57. The maximum Gasteiger partial charge on any atom is 0.0956 e. The minimum Gasteiger partial charge on any atom is -0.392 e. The zero-order valence-electron chi connectivity index (χ0n) is 12.8. The lowest BCUT2D eigenvalue weighted by Crippen LogP contribution is -2.56. The van der Waals surface area contributed by atoms with Crippen LogP contribution in [0.25, 0.3) is 11.3 Å². The van der Waals surface area contributed by atoms with Gasteiger partial charge in [0.1, 0.15) is 0 Å². The lowest BCUT2D eigenvalue weighted by molar-refractivity contribution is -0.150. The van der Waals surface area contributed by atoms with Gasteiger partial charge >= 0.3 is 0 Å². The molecule has 0 radical (unpaired) electrons. The van der Waals surface area contributed by atoms with E-state index in [1.807, 2.05) is 12.5 Å². The van der Waals surface area contributed by atoms with Crippen molar-refractivity contribution in [3.05, 3.63) is 42.4 Å². The third-order valence-corrected chi connectivity index (χ3v) is 6.45. The molecule has 2 fully saturated rings. The molecular formula is C19H22N2O. The maximum absolute atomic E-state index is 11.0. The minimum absolute atomic E-state index is 0.154. The van der Waals surface area contributed by atoms with Crippen molar-refractivity contribution in [3.63, 3.8) is 0 Å². The summed E-state index contributed by atoms with van der Waals surface area (Å²) in [6.45, 7) is 0. The van der Waals surface area contributed by atoms with Crippen LogP contribution in [0.5, 0.6) is 0 Å². The van der Waals surface area contributed by atoms with Gasteiger partial charge < -0.3 is 9.67 Å². The summed E-state index contributed by atoms with van der Waals surface area (Å²) in [5.41, 5.74) is 4.09. The normalized spacial score (nSPS) is 31.6. The van der Waals surface area contributed by atoms with Crippen molar-refractivity contribution < 1.29 is 5.11 Å². The molecule has 22 heavy (non-hydrogen) atoms. The Morgan fingerprint density at radius 1 is 1.14 bits per heavy atom. The summed E-state index contributed by atoms with van der Waals surface area (Å²) in [7, 11) is 0. The van der Waals surface area contributed by atoms with E-state index >= 15 is 0 Å². The minimum atomic E-state index is -0.154. The molecule has 1 aliphatic heterocycles. The fourth-order valence-electron chi connectivity index (χ4n) is 5.35. The second-order valence-electron chi connectivity index (χ2n) is 7.45. The highest BCUT2D eigenvalue weighted by molar-refractivity contribution is 5.69. The van der Waals surface area contributed by atoms with Crippen LogP contribution in [0.3, 0.4) is 0 Å². The zero-order chi connectivity index (χ0) is 14.7. The molecule has 1 aromatic carbocycles. The van der Waals surface area contributed by atoms with E-state index in [4.69, 9.17) is 0 Å².